The first kappa shape index (κ1) is 18.9. The Morgan fingerprint density at radius 1 is 1.50 bits per heavy atom. The molecule has 1 fully saturated rings. The van der Waals surface area contributed by atoms with Gasteiger partial charge < -0.3 is 15.8 Å². The predicted molar refractivity (Wildman–Crippen MR) is 92.9 cm³/mol. The van der Waals surface area contributed by atoms with Crippen molar-refractivity contribution in [2.45, 2.75) is 43.7 Å². The molecule has 3 N–H and O–H groups in total. The number of rotatable bonds is 3. The molecule has 0 aliphatic carbocycles. The lowest BCUT2D eigenvalue weighted by Gasteiger charge is -2.22. The summed E-state index contributed by atoms with van der Waals surface area (Å²) in [6, 6.07) is 1.11. The molecule has 2 heterocycles. The second-order valence-electron chi connectivity index (χ2n) is 6.53. The number of nitrogens with zero attached hydrogens (tertiary/aromatic N) is 2. The van der Waals surface area contributed by atoms with Crippen LogP contribution in [-0.2, 0) is 14.8 Å². The molecule has 0 unspecified atom stereocenters. The van der Waals surface area contributed by atoms with Crippen molar-refractivity contribution in [3.8, 4) is 0 Å². The molecule has 0 spiro atoms. The third kappa shape index (κ3) is 4.58. The Morgan fingerprint density at radius 2 is 2.17 bits per heavy atom. The second kappa shape index (κ2) is 6.85. The third-order valence-corrected chi connectivity index (χ3v) is 5.67. The van der Waals surface area contributed by atoms with E-state index in [0.717, 1.165) is 0 Å². The number of carbonyl (C=O) groups is 1. The molecule has 1 aromatic rings. The maximum atomic E-state index is 12.7. The summed E-state index contributed by atoms with van der Waals surface area (Å²) >= 11 is 3.20. The Labute approximate surface area is 149 Å². The van der Waals surface area contributed by atoms with Gasteiger partial charge in [0.05, 0.1) is 0 Å². The van der Waals surface area contributed by atoms with Crippen molar-refractivity contribution in [3.05, 3.63) is 16.7 Å². The van der Waals surface area contributed by atoms with Gasteiger partial charge in [0, 0.05) is 29.8 Å². The Bertz CT molecular complexity index is 733. The summed E-state index contributed by atoms with van der Waals surface area (Å²) < 4.78 is 32.4. The van der Waals surface area contributed by atoms with E-state index in [-0.39, 0.29) is 29.8 Å². The Balaban J connectivity index is 2.07. The average Bonchev–Trinajstić information content (AvgIpc) is 2.88. The number of nitrogens with one attached hydrogen (secondary N) is 1. The van der Waals surface area contributed by atoms with E-state index >= 15 is 0 Å². The van der Waals surface area contributed by atoms with Crippen LogP contribution in [0.1, 0.15) is 27.2 Å². The number of ether oxygens (including phenoxy) is 1. The molecular weight excluding hydrogens is 400 g/mol. The number of carbonyl (C=O) groups excluding carboxylic acids is 1. The molecule has 1 saturated heterocycles. The lowest BCUT2D eigenvalue weighted by molar-refractivity contribution is 0.0507. The van der Waals surface area contributed by atoms with E-state index in [1.807, 2.05) is 0 Å². The van der Waals surface area contributed by atoms with Gasteiger partial charge in [0.15, 0.2) is 0 Å². The van der Waals surface area contributed by atoms with Gasteiger partial charge in [0.1, 0.15) is 16.3 Å². The summed E-state index contributed by atoms with van der Waals surface area (Å²) in [5, 5.41) is 2.69. The van der Waals surface area contributed by atoms with Gasteiger partial charge in [-0.05, 0) is 49.2 Å². The normalized spacial score (nSPS) is 19.2. The number of nitrogen functional groups attached to an aromatic ring is 1. The maximum absolute atomic E-state index is 12.7. The van der Waals surface area contributed by atoms with Crippen molar-refractivity contribution in [2.75, 3.05) is 18.8 Å². The van der Waals surface area contributed by atoms with Crippen molar-refractivity contribution >= 4 is 37.9 Å². The molecule has 10 heteroatoms. The lowest BCUT2D eigenvalue weighted by atomic mass is 10.2. The average molecular weight is 421 g/mol. The van der Waals surface area contributed by atoms with Crippen LogP contribution in [0.2, 0.25) is 0 Å². The monoisotopic (exact) mass is 420 g/mol. The second-order valence-corrected chi connectivity index (χ2v) is 9.35. The SMILES string of the molecule is CC(C)(C)OC(=O)N[C@H]1CCN(S(=O)(=O)c2cc(Br)cnc2N)C1. The molecule has 0 radical (unpaired) electrons. The highest BCUT2D eigenvalue weighted by Crippen LogP contribution is 2.26. The molecule has 1 aliphatic rings. The van der Waals surface area contributed by atoms with E-state index < -0.39 is 21.7 Å². The van der Waals surface area contributed by atoms with E-state index in [2.05, 4.69) is 26.2 Å². The molecule has 0 bridgehead atoms. The molecule has 1 atom stereocenters. The zero-order valence-corrected chi connectivity index (χ0v) is 16.1. The van der Waals surface area contributed by atoms with Gasteiger partial charge >= 0.3 is 6.09 Å². The van der Waals surface area contributed by atoms with Crippen LogP contribution in [0.15, 0.2) is 21.6 Å². The number of amides is 1. The standard InChI is InChI=1S/C14H21BrN4O4S/c1-14(2,3)23-13(20)18-10-4-5-19(8-10)24(21,22)11-6-9(15)7-17-12(11)16/h6-7,10H,4-5,8H2,1-3H3,(H2,16,17)(H,18,20)/t10-/m0/s1. The van der Waals surface area contributed by atoms with Crippen LogP contribution in [0.3, 0.4) is 0 Å². The zero-order valence-electron chi connectivity index (χ0n) is 13.7. The first-order chi connectivity index (χ1) is 11.0. The number of nitrogens with two attached hydrogens (primary N) is 1. The number of aromatic nitrogens is 1. The van der Waals surface area contributed by atoms with Crippen molar-refractivity contribution < 1.29 is 17.9 Å². The maximum Gasteiger partial charge on any atom is 0.407 e. The Hall–Kier alpha value is -1.39. The van der Waals surface area contributed by atoms with Gasteiger partial charge in [-0.3, -0.25) is 0 Å². The summed E-state index contributed by atoms with van der Waals surface area (Å²) in [6.45, 7) is 5.74. The van der Waals surface area contributed by atoms with Crippen LogP contribution in [0, 0.1) is 0 Å². The number of alkyl carbamates (subject to hydrolysis) is 1. The number of sulfonamides is 1. The highest BCUT2D eigenvalue weighted by atomic mass is 79.9. The number of anilines is 1. The number of pyridine rings is 1. The quantitative estimate of drug-likeness (QED) is 0.768. The Morgan fingerprint density at radius 3 is 2.79 bits per heavy atom. The summed E-state index contributed by atoms with van der Waals surface area (Å²) in [7, 11) is -3.77. The summed E-state index contributed by atoms with van der Waals surface area (Å²) in [5.41, 5.74) is 5.09. The highest BCUT2D eigenvalue weighted by molar-refractivity contribution is 9.10. The van der Waals surface area contributed by atoms with Gasteiger partial charge in [-0.2, -0.15) is 4.31 Å². The van der Waals surface area contributed by atoms with E-state index in [0.29, 0.717) is 10.9 Å². The van der Waals surface area contributed by atoms with Gasteiger partial charge in [0.2, 0.25) is 10.0 Å². The number of hydrogen-bond acceptors (Lipinski definition) is 6. The first-order valence-electron chi connectivity index (χ1n) is 7.40. The van der Waals surface area contributed by atoms with Crippen LogP contribution in [-0.4, -0.2) is 48.5 Å². The minimum Gasteiger partial charge on any atom is -0.444 e. The molecule has 1 aromatic heterocycles. The fourth-order valence-corrected chi connectivity index (χ4v) is 4.39. The van der Waals surface area contributed by atoms with Crippen molar-refractivity contribution in [2.24, 2.45) is 0 Å². The third-order valence-electron chi connectivity index (χ3n) is 3.34. The summed E-state index contributed by atoms with van der Waals surface area (Å²) in [5.74, 6) is -0.0539. The molecule has 1 amide bonds. The molecule has 0 saturated carbocycles. The van der Waals surface area contributed by atoms with Gasteiger partial charge in [-0.1, -0.05) is 0 Å². The highest BCUT2D eigenvalue weighted by Gasteiger charge is 2.35. The van der Waals surface area contributed by atoms with Crippen molar-refractivity contribution in [1.82, 2.24) is 14.6 Å². The van der Waals surface area contributed by atoms with Gasteiger partial charge in [0.25, 0.3) is 0 Å². The summed E-state index contributed by atoms with van der Waals surface area (Å²) in [4.78, 5) is 15.6. The minimum absolute atomic E-state index is 0.0465. The number of hydrogen-bond donors (Lipinski definition) is 2. The molecule has 24 heavy (non-hydrogen) atoms. The van der Waals surface area contributed by atoms with E-state index in [9.17, 15) is 13.2 Å². The molecule has 8 nitrogen and oxygen atoms in total. The zero-order chi connectivity index (χ0) is 18.1. The minimum atomic E-state index is -3.77. The Kier molecular flexibility index (Phi) is 5.41. The first-order valence-corrected chi connectivity index (χ1v) is 9.63. The van der Waals surface area contributed by atoms with E-state index in [1.165, 1.54) is 16.6 Å². The van der Waals surface area contributed by atoms with E-state index in [4.69, 9.17) is 10.5 Å². The van der Waals surface area contributed by atoms with Crippen LogP contribution in [0.5, 0.6) is 0 Å². The molecule has 0 aromatic carbocycles. The molecule has 2 rings (SSSR count). The van der Waals surface area contributed by atoms with Gasteiger partial charge in [-0.15, -0.1) is 0 Å². The van der Waals surface area contributed by atoms with Crippen LogP contribution in [0.4, 0.5) is 10.6 Å². The predicted octanol–water partition coefficient (Wildman–Crippen LogP) is 1.71. The van der Waals surface area contributed by atoms with Crippen LogP contribution >= 0.6 is 15.9 Å². The molecular formula is C14H21BrN4O4S. The fraction of sp³-hybridized carbons (Fsp3) is 0.571. The number of halogens is 1. The smallest absolute Gasteiger partial charge is 0.407 e. The van der Waals surface area contributed by atoms with Gasteiger partial charge in [-0.25, -0.2) is 18.2 Å². The molecule has 134 valence electrons. The summed E-state index contributed by atoms with van der Waals surface area (Å²) in [6.07, 6.45) is 1.38. The van der Waals surface area contributed by atoms with Crippen LogP contribution < -0.4 is 11.1 Å². The van der Waals surface area contributed by atoms with E-state index in [1.54, 1.807) is 20.8 Å². The lowest BCUT2D eigenvalue weighted by Crippen LogP contribution is -2.41. The van der Waals surface area contributed by atoms with Crippen LogP contribution in [0.25, 0.3) is 0 Å². The fourth-order valence-electron chi connectivity index (χ4n) is 2.32. The van der Waals surface area contributed by atoms with Crippen molar-refractivity contribution in [3.63, 3.8) is 0 Å². The van der Waals surface area contributed by atoms with Crippen molar-refractivity contribution in [1.29, 1.82) is 0 Å². The largest absolute Gasteiger partial charge is 0.444 e. The molecule has 1 aliphatic heterocycles. The topological polar surface area (TPSA) is 115 Å².